The molecule has 5 heteroatoms. The summed E-state index contributed by atoms with van der Waals surface area (Å²) in [5.74, 6) is 0.290. The molecule has 112 valence electrons. The highest BCUT2D eigenvalue weighted by molar-refractivity contribution is 6.04. The van der Waals surface area contributed by atoms with Gasteiger partial charge in [-0.2, -0.15) is 5.10 Å². The maximum Gasteiger partial charge on any atom is 0.259 e. The number of carbonyl (C=O) groups excluding carboxylic acids is 1. The van der Waals surface area contributed by atoms with Gasteiger partial charge in [0.15, 0.2) is 0 Å². The zero-order valence-corrected chi connectivity index (χ0v) is 12.6. The lowest BCUT2D eigenvalue weighted by Crippen LogP contribution is -2.14. The van der Waals surface area contributed by atoms with Crippen molar-refractivity contribution >= 4 is 11.6 Å². The van der Waals surface area contributed by atoms with Crippen molar-refractivity contribution in [2.75, 3.05) is 5.32 Å². The molecule has 0 bridgehead atoms. The summed E-state index contributed by atoms with van der Waals surface area (Å²) < 4.78 is 1.85. The van der Waals surface area contributed by atoms with E-state index >= 15 is 0 Å². The normalized spacial score (nSPS) is 10.9. The molecule has 1 heterocycles. The highest BCUT2D eigenvalue weighted by atomic mass is 16.3. The van der Waals surface area contributed by atoms with Crippen molar-refractivity contribution in [3.63, 3.8) is 0 Å². The van der Waals surface area contributed by atoms with E-state index in [9.17, 15) is 4.79 Å². The average Bonchev–Trinajstić information content (AvgIpc) is 2.80. The summed E-state index contributed by atoms with van der Waals surface area (Å²) in [5, 5.41) is 16.2. The molecular weight excluding hydrogens is 266 g/mol. The van der Waals surface area contributed by atoms with Crippen LogP contribution in [0, 0.1) is 12.8 Å². The molecule has 1 amide bonds. The Hall–Kier alpha value is -2.14. The topological polar surface area (TPSA) is 67.2 Å². The number of aromatic nitrogens is 2. The van der Waals surface area contributed by atoms with Crippen molar-refractivity contribution in [3.05, 3.63) is 47.3 Å². The molecule has 2 rings (SSSR count). The van der Waals surface area contributed by atoms with E-state index in [-0.39, 0.29) is 12.5 Å². The smallest absolute Gasteiger partial charge is 0.259 e. The van der Waals surface area contributed by atoms with Crippen molar-refractivity contribution < 1.29 is 9.90 Å². The molecule has 0 saturated heterocycles. The second kappa shape index (κ2) is 6.54. The minimum atomic E-state index is -0.183. The van der Waals surface area contributed by atoms with Gasteiger partial charge < -0.3 is 10.4 Å². The third kappa shape index (κ3) is 3.70. The molecule has 5 nitrogen and oxygen atoms in total. The second-order valence-corrected chi connectivity index (χ2v) is 5.53. The Bertz CT molecular complexity index is 632. The lowest BCUT2D eigenvalue weighted by molar-refractivity contribution is 0.102. The number of nitrogens with one attached hydrogen (secondary N) is 1. The van der Waals surface area contributed by atoms with Crippen LogP contribution in [0.5, 0.6) is 0 Å². The molecular formula is C16H21N3O2. The van der Waals surface area contributed by atoms with Gasteiger partial charge >= 0.3 is 0 Å². The fourth-order valence-corrected chi connectivity index (χ4v) is 2.15. The van der Waals surface area contributed by atoms with Crippen LogP contribution < -0.4 is 5.32 Å². The molecule has 0 atom stereocenters. The quantitative estimate of drug-likeness (QED) is 0.888. The summed E-state index contributed by atoms with van der Waals surface area (Å²) in [6, 6.07) is 7.16. The number of aliphatic hydroxyl groups excluding tert-OH is 1. The number of hydrogen-bond donors (Lipinski definition) is 2. The van der Waals surface area contributed by atoms with Gasteiger partial charge in [-0.05, 0) is 30.5 Å². The molecule has 0 saturated carbocycles. The maximum atomic E-state index is 12.3. The summed E-state index contributed by atoms with van der Waals surface area (Å²) in [6.07, 6.45) is 1.60. The minimum Gasteiger partial charge on any atom is -0.392 e. The van der Waals surface area contributed by atoms with Gasteiger partial charge in [0.05, 0.1) is 18.4 Å². The van der Waals surface area contributed by atoms with Crippen LogP contribution in [0.25, 0.3) is 0 Å². The molecule has 0 aliphatic carbocycles. The van der Waals surface area contributed by atoms with Gasteiger partial charge in [0.1, 0.15) is 0 Å². The third-order valence-corrected chi connectivity index (χ3v) is 3.25. The van der Waals surface area contributed by atoms with E-state index in [1.165, 1.54) is 0 Å². The molecule has 0 spiro atoms. The van der Waals surface area contributed by atoms with Gasteiger partial charge in [0.25, 0.3) is 5.91 Å². The van der Waals surface area contributed by atoms with Crippen molar-refractivity contribution in [3.8, 4) is 0 Å². The van der Waals surface area contributed by atoms with Crippen LogP contribution in [0.2, 0.25) is 0 Å². The van der Waals surface area contributed by atoms with Crippen molar-refractivity contribution in [1.82, 2.24) is 9.78 Å². The molecule has 0 aliphatic rings. The summed E-state index contributed by atoms with van der Waals surface area (Å²) in [6.45, 7) is 6.87. The zero-order valence-electron chi connectivity index (χ0n) is 12.6. The van der Waals surface area contributed by atoms with Crippen LogP contribution in [-0.2, 0) is 13.2 Å². The standard InChI is InChI=1S/C16H21N3O2/c1-11(2)9-19-12(3)15(8-17-19)16(21)18-14-6-4-5-13(7-14)10-20/h4-8,11,20H,9-10H2,1-3H3,(H,18,21). The Morgan fingerprint density at radius 2 is 2.19 bits per heavy atom. The number of benzene rings is 1. The van der Waals surface area contributed by atoms with Gasteiger partial charge in [-0.3, -0.25) is 9.48 Å². The van der Waals surface area contributed by atoms with Crippen molar-refractivity contribution in [2.45, 2.75) is 33.9 Å². The van der Waals surface area contributed by atoms with E-state index in [4.69, 9.17) is 5.11 Å². The van der Waals surface area contributed by atoms with Gasteiger partial charge in [0, 0.05) is 17.9 Å². The Labute approximate surface area is 124 Å². The molecule has 1 aromatic heterocycles. The fraction of sp³-hybridized carbons (Fsp3) is 0.375. The van der Waals surface area contributed by atoms with Crippen LogP contribution in [-0.4, -0.2) is 20.8 Å². The van der Waals surface area contributed by atoms with Gasteiger partial charge in [0.2, 0.25) is 0 Å². The van der Waals surface area contributed by atoms with Crippen molar-refractivity contribution in [1.29, 1.82) is 0 Å². The summed E-state index contributed by atoms with van der Waals surface area (Å²) in [7, 11) is 0. The number of aliphatic hydroxyl groups is 1. The van der Waals surface area contributed by atoms with Crippen LogP contribution >= 0.6 is 0 Å². The van der Waals surface area contributed by atoms with E-state index in [0.717, 1.165) is 17.8 Å². The molecule has 1 aromatic carbocycles. The summed E-state index contributed by atoms with van der Waals surface area (Å²) >= 11 is 0. The molecule has 2 aromatic rings. The molecule has 21 heavy (non-hydrogen) atoms. The molecule has 0 aliphatic heterocycles. The lowest BCUT2D eigenvalue weighted by Gasteiger charge is -2.09. The van der Waals surface area contributed by atoms with Crippen LogP contribution in [0.1, 0.15) is 35.5 Å². The second-order valence-electron chi connectivity index (χ2n) is 5.53. The third-order valence-electron chi connectivity index (χ3n) is 3.25. The molecule has 2 N–H and O–H groups in total. The molecule has 0 unspecified atom stereocenters. The number of anilines is 1. The maximum absolute atomic E-state index is 12.3. The van der Waals surface area contributed by atoms with Crippen LogP contribution in [0.4, 0.5) is 5.69 Å². The lowest BCUT2D eigenvalue weighted by atomic mass is 10.2. The number of rotatable bonds is 5. The number of nitrogens with zero attached hydrogens (tertiary/aromatic N) is 2. The Morgan fingerprint density at radius 1 is 1.43 bits per heavy atom. The molecule has 0 fully saturated rings. The van der Waals surface area contributed by atoms with E-state index in [2.05, 4.69) is 24.3 Å². The first-order valence-corrected chi connectivity index (χ1v) is 7.04. The highest BCUT2D eigenvalue weighted by Crippen LogP contribution is 2.15. The first-order chi connectivity index (χ1) is 10.0. The Balaban J connectivity index is 2.15. The summed E-state index contributed by atoms with van der Waals surface area (Å²) in [5.41, 5.74) is 2.87. The Morgan fingerprint density at radius 3 is 2.86 bits per heavy atom. The van der Waals surface area contributed by atoms with Gasteiger partial charge in [-0.15, -0.1) is 0 Å². The predicted octanol–water partition coefficient (Wildman–Crippen LogP) is 2.59. The fourth-order valence-electron chi connectivity index (χ4n) is 2.15. The van der Waals surface area contributed by atoms with Gasteiger partial charge in [-0.25, -0.2) is 0 Å². The van der Waals surface area contributed by atoms with Crippen LogP contribution in [0.15, 0.2) is 30.5 Å². The highest BCUT2D eigenvalue weighted by Gasteiger charge is 2.15. The van der Waals surface area contributed by atoms with Crippen molar-refractivity contribution in [2.24, 2.45) is 5.92 Å². The van der Waals surface area contributed by atoms with E-state index in [0.29, 0.717) is 17.2 Å². The number of carbonyl (C=O) groups is 1. The SMILES string of the molecule is Cc1c(C(=O)Nc2cccc(CO)c2)cnn1CC(C)C. The van der Waals surface area contributed by atoms with Gasteiger partial charge in [-0.1, -0.05) is 26.0 Å². The Kier molecular flexibility index (Phi) is 4.75. The number of hydrogen-bond acceptors (Lipinski definition) is 3. The predicted molar refractivity (Wildman–Crippen MR) is 82.1 cm³/mol. The first-order valence-electron chi connectivity index (χ1n) is 7.04. The number of amides is 1. The molecule has 0 radical (unpaired) electrons. The minimum absolute atomic E-state index is 0.0466. The zero-order chi connectivity index (χ0) is 15.4. The first kappa shape index (κ1) is 15.3. The van der Waals surface area contributed by atoms with Crippen LogP contribution in [0.3, 0.4) is 0 Å². The van der Waals surface area contributed by atoms with E-state index in [1.54, 1.807) is 24.4 Å². The summed E-state index contributed by atoms with van der Waals surface area (Å²) in [4.78, 5) is 12.3. The monoisotopic (exact) mass is 287 g/mol. The van der Waals surface area contributed by atoms with E-state index < -0.39 is 0 Å². The largest absolute Gasteiger partial charge is 0.392 e. The average molecular weight is 287 g/mol. The van der Waals surface area contributed by atoms with E-state index in [1.807, 2.05) is 17.7 Å².